The van der Waals surface area contributed by atoms with Crippen molar-refractivity contribution in [2.24, 2.45) is 0 Å². The Morgan fingerprint density at radius 3 is 0.907 bits per heavy atom. The van der Waals surface area contributed by atoms with Crippen molar-refractivity contribution in [2.45, 2.75) is 73.0 Å². The molecule has 2 unspecified atom stereocenters. The van der Waals surface area contributed by atoms with Gasteiger partial charge in [0.05, 0.1) is 0 Å². The van der Waals surface area contributed by atoms with Crippen LogP contribution >= 0.6 is 15.2 Å². The van der Waals surface area contributed by atoms with E-state index in [2.05, 4.69) is 72.8 Å². The van der Waals surface area contributed by atoms with Crippen molar-refractivity contribution in [1.29, 1.82) is 0 Å². The van der Waals surface area contributed by atoms with Crippen LogP contribution in [0.2, 0.25) is 0 Å². The standard InChI is InChI=1S/C46H40O6P2/c1-49-53(3,47)51-45-41-37-19-39(35-17-31-27-13-25(29(31)15-33(35)37)21-9-5-7-11-23(21)27)43(41)46(52-54(4,48)50-2)44-40-20-38(42(44)45)34-16-30-26-14-28(32(30)18-36(34)40)24-12-8-6-10-22(24)26/h5-12,15-18,25-28,37-40H,13-14,19-20H2,1-4H3/t25-,26+,27+,28-,37-,38+,39+,40-,53?,54?. The largest absolute Gasteiger partial charge is 0.424 e. The van der Waals surface area contributed by atoms with Crippen LogP contribution in [0.3, 0.4) is 0 Å². The molecule has 0 heterocycles. The summed E-state index contributed by atoms with van der Waals surface area (Å²) in [5.74, 6) is 3.29. The van der Waals surface area contributed by atoms with Gasteiger partial charge < -0.3 is 18.1 Å². The molecule has 0 radical (unpaired) electrons. The monoisotopic (exact) mass is 750 g/mol. The van der Waals surface area contributed by atoms with E-state index < -0.39 is 15.2 Å². The molecule has 5 aromatic rings. The van der Waals surface area contributed by atoms with Gasteiger partial charge in [-0.1, -0.05) is 72.8 Å². The van der Waals surface area contributed by atoms with E-state index in [-0.39, 0.29) is 23.7 Å². The molecule has 0 amide bonds. The molecule has 8 heteroatoms. The molecule has 8 bridgehead atoms. The van der Waals surface area contributed by atoms with Crippen molar-refractivity contribution >= 4 is 15.2 Å². The molecule has 10 atom stereocenters. The van der Waals surface area contributed by atoms with Gasteiger partial charge in [0.15, 0.2) is 0 Å². The minimum Gasteiger partial charge on any atom is -0.424 e. The number of hydrogen-bond donors (Lipinski definition) is 0. The van der Waals surface area contributed by atoms with Crippen LogP contribution in [0.15, 0.2) is 72.8 Å². The van der Waals surface area contributed by atoms with Crippen LogP contribution in [0.1, 0.15) is 162 Å². The average molecular weight is 751 g/mol. The summed E-state index contributed by atoms with van der Waals surface area (Å²) < 4.78 is 52.6. The Hall–Kier alpha value is -3.92. The third-order valence-corrected chi connectivity index (χ3v) is 17.4. The first-order valence-corrected chi connectivity index (χ1v) is 23.5. The SMILES string of the molecule is COP(C)(=O)Oc1c2c(c(OP(C)(=O)OC)c3c1[C@H]1C[C@@H]3c3cc4c(cc31)[C@H]1C[C@@H]4c3ccccc31)[C@H]1C[C@@H]2c2cc3c(cc21)[C@H]1C[C@@H]3c2ccccc21. The summed E-state index contributed by atoms with van der Waals surface area (Å²) >= 11 is 0. The van der Waals surface area contributed by atoms with Crippen molar-refractivity contribution < 1.29 is 27.2 Å². The quantitative estimate of drug-likeness (QED) is 0.161. The molecule has 8 aliphatic carbocycles. The molecular weight excluding hydrogens is 710 g/mol. The van der Waals surface area contributed by atoms with Gasteiger partial charge in [-0.2, -0.15) is 0 Å². The predicted molar refractivity (Wildman–Crippen MR) is 208 cm³/mol. The van der Waals surface area contributed by atoms with E-state index in [0.717, 1.165) is 47.9 Å². The molecule has 5 aromatic carbocycles. The lowest BCUT2D eigenvalue weighted by molar-refractivity contribution is 0.321. The summed E-state index contributed by atoms with van der Waals surface area (Å²) in [6.07, 6.45) is 4.03. The van der Waals surface area contributed by atoms with Crippen LogP contribution in [0.25, 0.3) is 0 Å². The van der Waals surface area contributed by atoms with E-state index in [1.54, 1.807) is 13.3 Å². The third-order valence-electron chi connectivity index (χ3n) is 15.1. The van der Waals surface area contributed by atoms with Crippen LogP contribution in [-0.4, -0.2) is 27.5 Å². The maximum atomic E-state index is 14.0. The molecule has 13 rings (SSSR count). The van der Waals surface area contributed by atoms with Gasteiger partial charge in [0.1, 0.15) is 11.5 Å². The summed E-state index contributed by atoms with van der Waals surface area (Å²) in [5, 5.41) is 0. The topological polar surface area (TPSA) is 71.1 Å². The smallest absolute Gasteiger partial charge is 0.375 e. The normalized spacial score (nSPS) is 30.1. The number of rotatable bonds is 6. The lowest BCUT2D eigenvalue weighted by atomic mass is 9.74. The summed E-state index contributed by atoms with van der Waals surface area (Å²) in [6, 6.07) is 27.9. The average Bonchev–Trinajstić information content (AvgIpc) is 4.06. The molecule has 0 spiro atoms. The van der Waals surface area contributed by atoms with E-state index in [4.69, 9.17) is 18.1 Å². The maximum absolute atomic E-state index is 14.0. The summed E-state index contributed by atoms with van der Waals surface area (Å²) in [7, 11) is -4.00. The van der Waals surface area contributed by atoms with E-state index in [1.807, 2.05) is 0 Å². The van der Waals surface area contributed by atoms with Crippen LogP contribution in [0.5, 0.6) is 11.5 Å². The van der Waals surface area contributed by atoms with Gasteiger partial charge in [-0.15, -0.1) is 0 Å². The van der Waals surface area contributed by atoms with Gasteiger partial charge in [-0.3, -0.25) is 0 Å². The fourth-order valence-corrected chi connectivity index (χ4v) is 14.2. The van der Waals surface area contributed by atoms with E-state index in [9.17, 15) is 9.13 Å². The summed E-state index contributed by atoms with van der Waals surface area (Å²) in [5.41, 5.74) is 21.3. The van der Waals surface area contributed by atoms with Crippen LogP contribution in [-0.2, 0) is 18.2 Å². The van der Waals surface area contributed by atoms with Crippen molar-refractivity contribution in [3.8, 4) is 11.5 Å². The highest BCUT2D eigenvalue weighted by Crippen LogP contribution is 2.73. The van der Waals surface area contributed by atoms with Crippen molar-refractivity contribution in [3.05, 3.63) is 162 Å². The molecule has 0 N–H and O–H groups in total. The molecule has 0 fully saturated rings. The molecule has 0 aromatic heterocycles. The second kappa shape index (κ2) is 10.1. The highest BCUT2D eigenvalue weighted by atomic mass is 31.2. The number of benzene rings is 5. The predicted octanol–water partition coefficient (Wildman–Crippen LogP) is 11.3. The summed E-state index contributed by atoms with van der Waals surface area (Å²) in [6.45, 7) is 3.15. The molecule has 270 valence electrons. The van der Waals surface area contributed by atoms with E-state index in [1.165, 1.54) is 81.0 Å². The Morgan fingerprint density at radius 1 is 0.407 bits per heavy atom. The lowest BCUT2D eigenvalue weighted by Gasteiger charge is -2.34. The maximum Gasteiger partial charge on any atom is 0.375 e. The molecule has 8 aliphatic rings. The Morgan fingerprint density at radius 2 is 0.648 bits per heavy atom. The third kappa shape index (κ3) is 3.68. The highest BCUT2D eigenvalue weighted by Gasteiger charge is 2.56. The van der Waals surface area contributed by atoms with Crippen molar-refractivity contribution in [2.75, 3.05) is 27.5 Å². The fraction of sp³-hybridized carbons (Fsp3) is 0.348. The Labute approximate surface area is 315 Å². The van der Waals surface area contributed by atoms with Gasteiger partial charge >= 0.3 is 15.2 Å². The molecule has 0 saturated carbocycles. The number of hydrogen-bond acceptors (Lipinski definition) is 6. The van der Waals surface area contributed by atoms with Gasteiger partial charge in [-0.05, 0) is 92.4 Å². The van der Waals surface area contributed by atoms with Crippen molar-refractivity contribution in [3.63, 3.8) is 0 Å². The minimum atomic E-state index is -3.47. The second-order valence-electron chi connectivity index (χ2n) is 17.2. The molecule has 54 heavy (non-hydrogen) atoms. The first kappa shape index (κ1) is 31.3. The zero-order chi connectivity index (χ0) is 36.2. The minimum absolute atomic E-state index is 0.0452. The first-order chi connectivity index (χ1) is 26.1. The zero-order valence-electron chi connectivity index (χ0n) is 30.7. The van der Waals surface area contributed by atoms with Crippen LogP contribution < -0.4 is 9.05 Å². The van der Waals surface area contributed by atoms with Crippen LogP contribution in [0.4, 0.5) is 0 Å². The van der Waals surface area contributed by atoms with Gasteiger partial charge in [0, 0.05) is 97.1 Å². The van der Waals surface area contributed by atoms with Gasteiger partial charge in [0.25, 0.3) is 0 Å². The molecule has 0 saturated heterocycles. The van der Waals surface area contributed by atoms with E-state index in [0.29, 0.717) is 35.2 Å². The Bertz CT molecular complexity index is 2380. The zero-order valence-corrected chi connectivity index (χ0v) is 32.5. The Kier molecular flexibility index (Phi) is 5.84. The highest BCUT2D eigenvalue weighted by molar-refractivity contribution is 7.53. The Balaban J connectivity index is 1.03. The summed E-state index contributed by atoms with van der Waals surface area (Å²) in [4.78, 5) is 0. The fourth-order valence-electron chi connectivity index (χ4n) is 13.0. The molecular formula is C46H40O6P2. The lowest BCUT2D eigenvalue weighted by Crippen LogP contribution is -2.17. The van der Waals surface area contributed by atoms with Crippen LogP contribution in [0, 0.1) is 0 Å². The molecule has 6 nitrogen and oxygen atoms in total. The van der Waals surface area contributed by atoms with Gasteiger partial charge in [0.2, 0.25) is 0 Å². The number of fused-ring (bicyclic) bond motifs is 32. The van der Waals surface area contributed by atoms with Gasteiger partial charge in [-0.25, -0.2) is 9.13 Å². The van der Waals surface area contributed by atoms with Crippen molar-refractivity contribution in [1.82, 2.24) is 0 Å². The van der Waals surface area contributed by atoms with E-state index >= 15 is 0 Å². The first-order valence-electron chi connectivity index (χ1n) is 19.6. The second-order valence-corrected chi connectivity index (χ2v) is 21.4. The molecule has 0 aliphatic heterocycles.